The van der Waals surface area contributed by atoms with Crippen LogP contribution in [0.5, 0.6) is 17.2 Å². The Morgan fingerprint density at radius 2 is 1.80 bits per heavy atom. The van der Waals surface area contributed by atoms with Gasteiger partial charge >= 0.3 is 0 Å². The monoisotopic (exact) mass is 406 g/mol. The number of nitriles is 1. The van der Waals surface area contributed by atoms with E-state index in [9.17, 15) is 10.1 Å². The molecule has 0 saturated heterocycles. The average molecular weight is 406 g/mol. The number of aromatic nitrogens is 1. The molecule has 0 bridgehead atoms. The highest BCUT2D eigenvalue weighted by atomic mass is 16.5. The highest BCUT2D eigenvalue weighted by Crippen LogP contribution is 2.27. The van der Waals surface area contributed by atoms with Gasteiger partial charge in [-0.25, -0.2) is 4.98 Å². The maximum atomic E-state index is 12.4. The van der Waals surface area contributed by atoms with Gasteiger partial charge in [-0.2, -0.15) is 5.26 Å². The highest BCUT2D eigenvalue weighted by Gasteiger charge is 2.11. The molecular formula is C22H22N4O4. The zero-order valence-electron chi connectivity index (χ0n) is 17.0. The van der Waals surface area contributed by atoms with E-state index in [1.165, 1.54) is 14.2 Å². The van der Waals surface area contributed by atoms with Crippen molar-refractivity contribution < 1.29 is 19.0 Å². The maximum Gasteiger partial charge on any atom is 0.251 e. The topological polar surface area (TPSA) is 106 Å². The number of carbonyl (C=O) groups excluding carboxylic acids is 1. The number of hydrogen-bond acceptors (Lipinski definition) is 7. The first-order chi connectivity index (χ1) is 14.6. The normalized spacial score (nSPS) is 10.2. The third-order valence-corrected chi connectivity index (χ3v) is 4.49. The SMILES string of the molecule is COc1ccc2nc(NCCNC(=O)c3ccc(OC)c(OC)c3)c(C#N)cc2c1. The van der Waals surface area contributed by atoms with Crippen molar-refractivity contribution in [2.24, 2.45) is 0 Å². The van der Waals surface area contributed by atoms with Crippen molar-refractivity contribution in [1.29, 1.82) is 5.26 Å². The highest BCUT2D eigenvalue weighted by molar-refractivity contribution is 5.95. The molecule has 0 aliphatic heterocycles. The molecule has 0 spiro atoms. The van der Waals surface area contributed by atoms with Crippen LogP contribution in [-0.4, -0.2) is 45.3 Å². The second-order valence-corrected chi connectivity index (χ2v) is 6.31. The summed E-state index contributed by atoms with van der Waals surface area (Å²) in [7, 11) is 4.64. The molecule has 154 valence electrons. The number of pyridine rings is 1. The summed E-state index contributed by atoms with van der Waals surface area (Å²) in [6, 6.07) is 14.3. The molecule has 3 rings (SSSR count). The fourth-order valence-electron chi connectivity index (χ4n) is 2.94. The van der Waals surface area contributed by atoms with Gasteiger partial charge in [0.1, 0.15) is 17.6 Å². The number of carbonyl (C=O) groups is 1. The predicted octanol–water partition coefficient (Wildman–Crippen LogP) is 2.97. The van der Waals surface area contributed by atoms with Gasteiger partial charge in [0.2, 0.25) is 0 Å². The van der Waals surface area contributed by atoms with Gasteiger partial charge in [0, 0.05) is 24.0 Å². The Morgan fingerprint density at radius 3 is 2.50 bits per heavy atom. The summed E-state index contributed by atoms with van der Waals surface area (Å²) in [5.74, 6) is 1.97. The quantitative estimate of drug-likeness (QED) is 0.554. The Morgan fingerprint density at radius 1 is 1.00 bits per heavy atom. The number of amides is 1. The third-order valence-electron chi connectivity index (χ3n) is 4.49. The molecule has 0 atom stereocenters. The summed E-state index contributed by atoms with van der Waals surface area (Å²) in [6.07, 6.45) is 0. The molecule has 8 heteroatoms. The summed E-state index contributed by atoms with van der Waals surface area (Å²) < 4.78 is 15.6. The van der Waals surface area contributed by atoms with E-state index in [1.54, 1.807) is 31.4 Å². The van der Waals surface area contributed by atoms with E-state index in [0.29, 0.717) is 47.3 Å². The smallest absolute Gasteiger partial charge is 0.251 e. The minimum atomic E-state index is -0.239. The van der Waals surface area contributed by atoms with E-state index in [4.69, 9.17) is 14.2 Å². The summed E-state index contributed by atoms with van der Waals surface area (Å²) in [4.78, 5) is 16.9. The Kier molecular flexibility index (Phi) is 6.55. The van der Waals surface area contributed by atoms with Crippen molar-refractivity contribution in [3.63, 3.8) is 0 Å². The van der Waals surface area contributed by atoms with E-state index < -0.39 is 0 Å². The Hall–Kier alpha value is -3.99. The molecule has 0 unspecified atom stereocenters. The molecule has 0 radical (unpaired) electrons. The zero-order valence-corrected chi connectivity index (χ0v) is 17.0. The Labute approximate surface area is 174 Å². The number of fused-ring (bicyclic) bond motifs is 1. The molecule has 8 nitrogen and oxygen atoms in total. The van der Waals surface area contributed by atoms with Gasteiger partial charge in [0.05, 0.1) is 32.4 Å². The summed E-state index contributed by atoms with van der Waals surface area (Å²) in [5, 5.41) is 16.2. The standard InChI is InChI=1S/C22H22N4O4/c1-28-17-5-6-18-15(11-17)10-16(13-23)21(26-18)24-8-9-25-22(27)14-4-7-19(29-2)20(12-14)30-3/h4-7,10-12H,8-9H2,1-3H3,(H,24,26)(H,25,27). The van der Waals surface area contributed by atoms with Crippen LogP contribution in [0, 0.1) is 11.3 Å². The lowest BCUT2D eigenvalue weighted by molar-refractivity contribution is 0.0954. The van der Waals surface area contributed by atoms with Crippen LogP contribution >= 0.6 is 0 Å². The second-order valence-electron chi connectivity index (χ2n) is 6.31. The summed E-state index contributed by atoms with van der Waals surface area (Å²) in [5.41, 5.74) is 1.62. The first-order valence-corrected chi connectivity index (χ1v) is 9.22. The lowest BCUT2D eigenvalue weighted by atomic mass is 10.1. The lowest BCUT2D eigenvalue weighted by Gasteiger charge is -2.11. The van der Waals surface area contributed by atoms with Crippen LogP contribution in [0.4, 0.5) is 5.82 Å². The van der Waals surface area contributed by atoms with Crippen LogP contribution < -0.4 is 24.8 Å². The third kappa shape index (κ3) is 4.52. The molecule has 1 heterocycles. The minimum absolute atomic E-state index is 0.239. The van der Waals surface area contributed by atoms with Gasteiger partial charge in [-0.05, 0) is 42.5 Å². The van der Waals surface area contributed by atoms with Crippen LogP contribution in [0.1, 0.15) is 15.9 Å². The predicted molar refractivity (Wildman–Crippen MR) is 113 cm³/mol. The molecule has 2 aromatic carbocycles. The molecule has 2 N–H and O–H groups in total. The molecule has 1 aromatic heterocycles. The number of hydrogen-bond donors (Lipinski definition) is 2. The maximum absolute atomic E-state index is 12.4. The molecule has 0 aliphatic rings. The molecule has 30 heavy (non-hydrogen) atoms. The van der Waals surface area contributed by atoms with E-state index in [1.807, 2.05) is 18.2 Å². The number of nitrogens with zero attached hydrogens (tertiary/aromatic N) is 2. The van der Waals surface area contributed by atoms with Gasteiger partial charge in [-0.3, -0.25) is 4.79 Å². The summed E-state index contributed by atoms with van der Waals surface area (Å²) >= 11 is 0. The second kappa shape index (κ2) is 9.47. The van der Waals surface area contributed by atoms with Gasteiger partial charge in [0.15, 0.2) is 11.5 Å². The molecule has 1 amide bonds. The Bertz CT molecular complexity index is 1110. The molecule has 0 aliphatic carbocycles. The van der Waals surface area contributed by atoms with Gasteiger partial charge in [0.25, 0.3) is 5.91 Å². The molecule has 0 fully saturated rings. The van der Waals surface area contributed by atoms with Gasteiger partial charge in [-0.1, -0.05) is 0 Å². The van der Waals surface area contributed by atoms with Crippen LogP contribution in [0.15, 0.2) is 42.5 Å². The van der Waals surface area contributed by atoms with Crippen LogP contribution in [-0.2, 0) is 0 Å². The van der Waals surface area contributed by atoms with E-state index in [2.05, 4.69) is 21.7 Å². The first kappa shape index (κ1) is 20.7. The van der Waals surface area contributed by atoms with Gasteiger partial charge in [-0.15, -0.1) is 0 Å². The van der Waals surface area contributed by atoms with Crippen LogP contribution in [0.25, 0.3) is 10.9 Å². The molecule has 0 saturated carbocycles. The van der Waals surface area contributed by atoms with Crippen molar-refractivity contribution >= 4 is 22.6 Å². The zero-order chi connectivity index (χ0) is 21.5. The van der Waals surface area contributed by atoms with Crippen molar-refractivity contribution in [2.75, 3.05) is 39.7 Å². The lowest BCUT2D eigenvalue weighted by Crippen LogP contribution is -2.29. The number of nitrogens with one attached hydrogen (secondary N) is 2. The fourth-order valence-corrected chi connectivity index (χ4v) is 2.94. The average Bonchev–Trinajstić information content (AvgIpc) is 2.80. The van der Waals surface area contributed by atoms with Crippen molar-refractivity contribution in [3.05, 3.63) is 53.6 Å². The number of ether oxygens (including phenoxy) is 3. The van der Waals surface area contributed by atoms with E-state index in [0.717, 1.165) is 10.9 Å². The van der Waals surface area contributed by atoms with E-state index >= 15 is 0 Å². The van der Waals surface area contributed by atoms with Crippen LogP contribution in [0.3, 0.4) is 0 Å². The molecule has 3 aromatic rings. The van der Waals surface area contributed by atoms with Crippen LogP contribution in [0.2, 0.25) is 0 Å². The number of anilines is 1. The van der Waals surface area contributed by atoms with Crippen molar-refractivity contribution in [2.45, 2.75) is 0 Å². The van der Waals surface area contributed by atoms with Crippen molar-refractivity contribution in [1.82, 2.24) is 10.3 Å². The largest absolute Gasteiger partial charge is 0.497 e. The fraction of sp³-hybridized carbons (Fsp3) is 0.227. The van der Waals surface area contributed by atoms with Gasteiger partial charge < -0.3 is 24.8 Å². The van der Waals surface area contributed by atoms with E-state index in [-0.39, 0.29) is 5.91 Å². The Balaban J connectivity index is 1.63. The number of rotatable bonds is 8. The minimum Gasteiger partial charge on any atom is -0.497 e. The summed E-state index contributed by atoms with van der Waals surface area (Å²) in [6.45, 7) is 0.753. The number of benzene rings is 2. The van der Waals surface area contributed by atoms with Crippen molar-refractivity contribution in [3.8, 4) is 23.3 Å². The molecular weight excluding hydrogens is 384 g/mol. The number of methoxy groups -OCH3 is 3. The first-order valence-electron chi connectivity index (χ1n) is 9.22.